The molecule has 0 bridgehead atoms. The number of carbonyl (C=O) groups excluding carboxylic acids is 1. The smallest absolute Gasteiger partial charge is 0.305 e. The molecular formula is C11H19NO3. The molecular weight excluding hydrogens is 194 g/mol. The fourth-order valence-electron chi connectivity index (χ4n) is 2.33. The first-order chi connectivity index (χ1) is 7.13. The van der Waals surface area contributed by atoms with Gasteiger partial charge in [-0.25, -0.2) is 0 Å². The van der Waals surface area contributed by atoms with E-state index in [4.69, 9.17) is 5.11 Å². The third kappa shape index (κ3) is 3.90. The lowest BCUT2D eigenvalue weighted by atomic mass is 9.78. The highest BCUT2D eigenvalue weighted by atomic mass is 16.4. The van der Waals surface area contributed by atoms with Crippen molar-refractivity contribution in [1.82, 2.24) is 5.32 Å². The van der Waals surface area contributed by atoms with Crippen molar-refractivity contribution in [2.75, 3.05) is 0 Å². The summed E-state index contributed by atoms with van der Waals surface area (Å²) in [5.74, 6) is 0.235. The van der Waals surface area contributed by atoms with Gasteiger partial charge in [-0.1, -0.05) is 19.8 Å². The Hall–Kier alpha value is -1.06. The highest BCUT2D eigenvalue weighted by Gasteiger charge is 2.27. The predicted octanol–water partition coefficient (Wildman–Crippen LogP) is 1.40. The van der Waals surface area contributed by atoms with Crippen LogP contribution in [0.1, 0.15) is 39.0 Å². The van der Waals surface area contributed by atoms with Crippen molar-refractivity contribution in [3.05, 3.63) is 0 Å². The molecule has 1 amide bonds. The van der Waals surface area contributed by atoms with Crippen molar-refractivity contribution < 1.29 is 14.7 Å². The van der Waals surface area contributed by atoms with E-state index in [9.17, 15) is 9.59 Å². The molecule has 1 saturated carbocycles. The molecule has 0 radical (unpaired) electrons. The third-order valence-corrected chi connectivity index (χ3v) is 3.31. The van der Waals surface area contributed by atoms with Crippen molar-refractivity contribution in [2.45, 2.75) is 45.1 Å². The van der Waals surface area contributed by atoms with Gasteiger partial charge in [-0.2, -0.15) is 0 Å². The zero-order valence-corrected chi connectivity index (χ0v) is 9.11. The van der Waals surface area contributed by atoms with Crippen LogP contribution in [0.5, 0.6) is 0 Å². The number of carboxylic acid groups (broad SMARTS) is 1. The fraction of sp³-hybridized carbons (Fsp3) is 0.818. The summed E-state index contributed by atoms with van der Waals surface area (Å²) in [4.78, 5) is 21.0. The number of carboxylic acids is 1. The lowest BCUT2D eigenvalue weighted by molar-refractivity contribution is -0.138. The Morgan fingerprint density at radius 2 is 2.07 bits per heavy atom. The average molecular weight is 213 g/mol. The minimum Gasteiger partial charge on any atom is -0.481 e. The molecule has 1 rings (SSSR count). The van der Waals surface area contributed by atoms with Gasteiger partial charge < -0.3 is 10.4 Å². The molecule has 4 heteroatoms. The quantitative estimate of drug-likeness (QED) is 0.678. The van der Waals surface area contributed by atoms with E-state index in [2.05, 4.69) is 12.2 Å². The summed E-state index contributed by atoms with van der Waals surface area (Å²) in [6, 6.07) is -0.188. The van der Waals surface area contributed by atoms with E-state index in [0.717, 1.165) is 31.6 Å². The second-order valence-electron chi connectivity index (χ2n) is 4.51. The zero-order chi connectivity index (χ0) is 11.3. The summed E-state index contributed by atoms with van der Waals surface area (Å²) >= 11 is 0. The monoisotopic (exact) mass is 213 g/mol. The van der Waals surface area contributed by atoms with Crippen LogP contribution in [0.25, 0.3) is 0 Å². The van der Waals surface area contributed by atoms with Crippen LogP contribution in [0.4, 0.5) is 0 Å². The van der Waals surface area contributed by atoms with Crippen LogP contribution in [-0.2, 0) is 9.59 Å². The van der Waals surface area contributed by atoms with Crippen molar-refractivity contribution in [1.29, 1.82) is 0 Å². The van der Waals surface area contributed by atoms with E-state index in [1.807, 2.05) is 0 Å². The SMILES string of the molecule is CC1CCC([C@H](CC(=O)O)NC=O)CC1. The normalized spacial score (nSPS) is 28.1. The standard InChI is InChI=1S/C11H19NO3/c1-8-2-4-9(5-3-8)10(12-7-13)6-11(14)15/h7-10H,2-6H2,1H3,(H,12,13)(H,14,15)/t8?,9?,10-/m0/s1. The Balaban J connectivity index is 2.47. The van der Waals surface area contributed by atoms with E-state index >= 15 is 0 Å². The van der Waals surface area contributed by atoms with E-state index in [1.165, 1.54) is 0 Å². The minimum atomic E-state index is -0.840. The molecule has 0 aromatic rings. The van der Waals surface area contributed by atoms with Gasteiger partial charge in [0.1, 0.15) is 0 Å². The van der Waals surface area contributed by atoms with Crippen LogP contribution < -0.4 is 5.32 Å². The molecule has 1 aliphatic carbocycles. The Morgan fingerprint density at radius 3 is 2.53 bits per heavy atom. The molecule has 0 aromatic heterocycles. The Labute approximate surface area is 90.0 Å². The molecule has 4 nitrogen and oxygen atoms in total. The lowest BCUT2D eigenvalue weighted by Crippen LogP contribution is -2.38. The van der Waals surface area contributed by atoms with Crippen LogP contribution in [0, 0.1) is 11.8 Å². The van der Waals surface area contributed by atoms with Crippen LogP contribution in [-0.4, -0.2) is 23.5 Å². The molecule has 2 N–H and O–H groups in total. The highest BCUT2D eigenvalue weighted by molar-refractivity contribution is 5.68. The van der Waals surface area contributed by atoms with Gasteiger partial charge in [0, 0.05) is 6.04 Å². The van der Waals surface area contributed by atoms with Gasteiger partial charge in [0.25, 0.3) is 0 Å². The maximum Gasteiger partial charge on any atom is 0.305 e. The zero-order valence-electron chi connectivity index (χ0n) is 9.11. The lowest BCUT2D eigenvalue weighted by Gasteiger charge is -2.31. The number of hydrogen-bond acceptors (Lipinski definition) is 2. The van der Waals surface area contributed by atoms with E-state index in [0.29, 0.717) is 12.3 Å². The number of nitrogens with one attached hydrogen (secondary N) is 1. The van der Waals surface area contributed by atoms with Gasteiger partial charge in [0.2, 0.25) is 6.41 Å². The molecule has 0 saturated heterocycles. The summed E-state index contributed by atoms with van der Waals surface area (Å²) in [6.45, 7) is 2.22. The van der Waals surface area contributed by atoms with Crippen molar-refractivity contribution in [3.63, 3.8) is 0 Å². The fourth-order valence-corrected chi connectivity index (χ4v) is 2.33. The van der Waals surface area contributed by atoms with Crippen LogP contribution >= 0.6 is 0 Å². The Kier molecular flexibility index (Phi) is 4.59. The van der Waals surface area contributed by atoms with E-state index < -0.39 is 5.97 Å². The summed E-state index contributed by atoms with van der Waals surface area (Å²) < 4.78 is 0. The molecule has 0 unspecified atom stereocenters. The summed E-state index contributed by atoms with van der Waals surface area (Å²) in [7, 11) is 0. The number of carbonyl (C=O) groups is 2. The van der Waals surface area contributed by atoms with Gasteiger partial charge in [-0.05, 0) is 24.7 Å². The van der Waals surface area contributed by atoms with E-state index in [-0.39, 0.29) is 12.5 Å². The second-order valence-corrected chi connectivity index (χ2v) is 4.51. The van der Waals surface area contributed by atoms with Crippen LogP contribution in [0.15, 0.2) is 0 Å². The molecule has 1 fully saturated rings. The van der Waals surface area contributed by atoms with Crippen LogP contribution in [0.2, 0.25) is 0 Å². The first-order valence-electron chi connectivity index (χ1n) is 5.55. The maximum atomic E-state index is 10.6. The van der Waals surface area contributed by atoms with Crippen LogP contribution in [0.3, 0.4) is 0 Å². The molecule has 86 valence electrons. The second kappa shape index (κ2) is 5.73. The van der Waals surface area contributed by atoms with Crippen molar-refractivity contribution in [3.8, 4) is 0 Å². The third-order valence-electron chi connectivity index (χ3n) is 3.31. The van der Waals surface area contributed by atoms with Gasteiger partial charge in [0.15, 0.2) is 0 Å². The molecule has 15 heavy (non-hydrogen) atoms. The topological polar surface area (TPSA) is 66.4 Å². The summed E-state index contributed by atoms with van der Waals surface area (Å²) in [5.41, 5.74) is 0. The summed E-state index contributed by atoms with van der Waals surface area (Å²) in [6.07, 6.45) is 4.99. The molecule has 0 spiro atoms. The minimum absolute atomic E-state index is 0.0395. The first-order valence-corrected chi connectivity index (χ1v) is 5.55. The van der Waals surface area contributed by atoms with Crippen molar-refractivity contribution in [2.24, 2.45) is 11.8 Å². The van der Waals surface area contributed by atoms with Gasteiger partial charge in [0.05, 0.1) is 6.42 Å². The number of amides is 1. The van der Waals surface area contributed by atoms with Gasteiger partial charge in [-0.15, -0.1) is 0 Å². The predicted molar refractivity (Wildman–Crippen MR) is 56.4 cm³/mol. The Bertz CT molecular complexity index is 222. The average Bonchev–Trinajstić information content (AvgIpc) is 2.17. The summed E-state index contributed by atoms with van der Waals surface area (Å²) in [5, 5.41) is 11.4. The molecule has 0 aromatic carbocycles. The van der Waals surface area contributed by atoms with Gasteiger partial charge in [-0.3, -0.25) is 9.59 Å². The first kappa shape index (κ1) is 12.0. The highest BCUT2D eigenvalue weighted by Crippen LogP contribution is 2.31. The number of hydrogen-bond donors (Lipinski definition) is 2. The van der Waals surface area contributed by atoms with Gasteiger partial charge >= 0.3 is 5.97 Å². The molecule has 0 heterocycles. The number of aliphatic carboxylic acids is 1. The largest absolute Gasteiger partial charge is 0.481 e. The number of rotatable bonds is 5. The molecule has 1 aliphatic rings. The van der Waals surface area contributed by atoms with E-state index in [1.54, 1.807) is 0 Å². The van der Waals surface area contributed by atoms with Crippen molar-refractivity contribution >= 4 is 12.4 Å². The maximum absolute atomic E-state index is 10.6. The molecule has 0 aliphatic heterocycles. The molecule has 1 atom stereocenters. The Morgan fingerprint density at radius 1 is 1.47 bits per heavy atom.